The number of benzene rings is 1. The Labute approximate surface area is 164 Å². The third-order valence-corrected chi connectivity index (χ3v) is 7.14. The summed E-state index contributed by atoms with van der Waals surface area (Å²) >= 11 is 1.65. The lowest BCUT2D eigenvalue weighted by Gasteiger charge is -2.46. The highest BCUT2D eigenvalue weighted by Crippen LogP contribution is 2.46. The van der Waals surface area contributed by atoms with Crippen LogP contribution < -0.4 is 10.6 Å². The van der Waals surface area contributed by atoms with Gasteiger partial charge >= 0.3 is 0 Å². The van der Waals surface area contributed by atoms with Crippen LogP contribution in [0.15, 0.2) is 52.8 Å². The van der Waals surface area contributed by atoms with Gasteiger partial charge in [-0.3, -0.25) is 9.69 Å². The number of rotatable bonds is 3. The number of guanidine groups is 1. The minimum Gasteiger partial charge on any atom is -0.372 e. The number of amides is 1. The Morgan fingerprint density at radius 1 is 1.15 bits per heavy atom. The number of piperidine rings is 1. The van der Waals surface area contributed by atoms with E-state index in [1.807, 2.05) is 17.5 Å². The van der Waals surface area contributed by atoms with Crippen molar-refractivity contribution in [3.05, 3.63) is 52.7 Å². The number of carbonyl (C=O) groups is 1. The summed E-state index contributed by atoms with van der Waals surface area (Å²) < 4.78 is 0. The lowest BCUT2D eigenvalue weighted by atomic mass is 9.71. The monoisotopic (exact) mass is 382 g/mol. The van der Waals surface area contributed by atoms with Gasteiger partial charge in [-0.05, 0) is 49.3 Å². The zero-order valence-electron chi connectivity index (χ0n) is 15.8. The first kappa shape index (κ1) is 18.0. The molecule has 0 saturated carbocycles. The number of thiophene rings is 1. The summed E-state index contributed by atoms with van der Waals surface area (Å²) in [7, 11) is 1.74. The first-order chi connectivity index (χ1) is 13.0. The van der Waals surface area contributed by atoms with Crippen LogP contribution in [0.3, 0.4) is 0 Å². The minimum atomic E-state index is -0.582. The molecule has 1 amide bonds. The Morgan fingerprint density at radius 2 is 1.85 bits per heavy atom. The zero-order chi connectivity index (χ0) is 19.0. The molecule has 27 heavy (non-hydrogen) atoms. The maximum atomic E-state index is 13.3. The Hall–Kier alpha value is -2.34. The zero-order valence-corrected chi connectivity index (χ0v) is 16.7. The maximum Gasteiger partial charge on any atom is 0.235 e. The van der Waals surface area contributed by atoms with E-state index in [0.717, 1.165) is 30.8 Å². The second kappa shape index (κ2) is 7.00. The van der Waals surface area contributed by atoms with Gasteiger partial charge in [0.15, 0.2) is 5.96 Å². The summed E-state index contributed by atoms with van der Waals surface area (Å²) in [6.45, 7) is 3.99. The van der Waals surface area contributed by atoms with Crippen LogP contribution in [0.1, 0.15) is 24.6 Å². The highest BCUT2D eigenvalue weighted by Gasteiger charge is 2.50. The van der Waals surface area contributed by atoms with E-state index in [2.05, 4.69) is 42.2 Å². The van der Waals surface area contributed by atoms with Gasteiger partial charge in [0.1, 0.15) is 5.54 Å². The van der Waals surface area contributed by atoms with Gasteiger partial charge in [-0.15, -0.1) is 11.3 Å². The normalized spacial score (nSPS) is 27.0. The van der Waals surface area contributed by atoms with Crippen molar-refractivity contribution >= 4 is 28.9 Å². The van der Waals surface area contributed by atoms with Gasteiger partial charge in [0.05, 0.1) is 5.92 Å². The van der Waals surface area contributed by atoms with E-state index < -0.39 is 5.54 Å². The third kappa shape index (κ3) is 3.12. The van der Waals surface area contributed by atoms with Crippen molar-refractivity contribution in [2.75, 3.05) is 25.0 Å². The second-order valence-electron chi connectivity index (χ2n) is 7.63. The number of para-hydroxylation sites is 1. The highest BCUT2D eigenvalue weighted by molar-refractivity contribution is 7.10. The molecule has 6 heteroatoms. The molecule has 2 aliphatic heterocycles. The maximum absolute atomic E-state index is 13.3. The number of nitrogens with zero attached hydrogens (tertiary/aromatic N) is 3. The molecule has 2 aromatic rings. The summed E-state index contributed by atoms with van der Waals surface area (Å²) in [6.07, 6.45) is 1.96. The van der Waals surface area contributed by atoms with E-state index in [4.69, 9.17) is 10.7 Å². The van der Waals surface area contributed by atoms with E-state index in [-0.39, 0.29) is 11.8 Å². The summed E-state index contributed by atoms with van der Waals surface area (Å²) in [5, 5.41) is 2.05. The van der Waals surface area contributed by atoms with Crippen LogP contribution >= 0.6 is 11.3 Å². The number of nitrogens with two attached hydrogens (primary N) is 1. The smallest absolute Gasteiger partial charge is 0.235 e. The standard InChI is InChI=1S/C21H26N4OS/c1-21(17-9-6-14-27-17)18(19(26)24(2)20(22)23-21)15-10-12-25(13-11-15)16-7-4-3-5-8-16/h3-9,14-15,18H,10-13H2,1-2H3,(H2,22,23)/t18-,21-/m1/s1. The SMILES string of the molecule is CN1C(=O)[C@@H](C2CCN(c3ccccc3)CC2)[C@@](C)(c2cccs2)N=C1N. The molecule has 1 aromatic heterocycles. The molecule has 5 nitrogen and oxygen atoms in total. The number of aliphatic imine (C=N–C) groups is 1. The molecule has 0 radical (unpaired) electrons. The molecule has 1 saturated heterocycles. The third-order valence-electron chi connectivity index (χ3n) is 6.05. The van der Waals surface area contributed by atoms with Gasteiger partial charge in [-0.25, -0.2) is 4.99 Å². The van der Waals surface area contributed by atoms with E-state index >= 15 is 0 Å². The highest BCUT2D eigenvalue weighted by atomic mass is 32.1. The van der Waals surface area contributed by atoms with Crippen molar-refractivity contribution < 1.29 is 4.79 Å². The summed E-state index contributed by atoms with van der Waals surface area (Å²) in [6, 6.07) is 14.6. The molecule has 0 unspecified atom stereocenters. The molecule has 2 aliphatic rings. The fraction of sp³-hybridized carbons (Fsp3) is 0.429. The Bertz CT molecular complexity index is 827. The van der Waals surface area contributed by atoms with Crippen LogP contribution in [0.2, 0.25) is 0 Å². The molecule has 2 N–H and O–H groups in total. The van der Waals surface area contributed by atoms with Crippen LogP contribution in [0.4, 0.5) is 5.69 Å². The molecule has 1 fully saturated rings. The van der Waals surface area contributed by atoms with Crippen molar-refractivity contribution in [1.29, 1.82) is 0 Å². The van der Waals surface area contributed by atoms with E-state index in [1.165, 1.54) is 10.6 Å². The molecule has 3 heterocycles. The van der Waals surface area contributed by atoms with Gasteiger partial charge in [-0.2, -0.15) is 0 Å². The van der Waals surface area contributed by atoms with Crippen LogP contribution in [0.5, 0.6) is 0 Å². The summed E-state index contributed by atoms with van der Waals surface area (Å²) in [4.78, 5) is 23.1. The van der Waals surface area contributed by atoms with Crippen molar-refractivity contribution in [3.8, 4) is 0 Å². The molecule has 1 aromatic carbocycles. The van der Waals surface area contributed by atoms with E-state index in [0.29, 0.717) is 11.9 Å². The first-order valence-electron chi connectivity index (χ1n) is 9.47. The quantitative estimate of drug-likeness (QED) is 0.886. The fourth-order valence-electron chi connectivity index (χ4n) is 4.51. The average Bonchev–Trinajstić information content (AvgIpc) is 3.23. The Kier molecular flexibility index (Phi) is 4.68. The number of anilines is 1. The van der Waals surface area contributed by atoms with Crippen LogP contribution in [-0.2, 0) is 10.3 Å². The number of hydrogen-bond acceptors (Lipinski definition) is 5. The lowest BCUT2D eigenvalue weighted by molar-refractivity contribution is -0.136. The minimum absolute atomic E-state index is 0.0940. The van der Waals surface area contributed by atoms with Gasteiger partial charge in [0, 0.05) is 30.7 Å². The molecule has 0 bridgehead atoms. The van der Waals surface area contributed by atoms with Gasteiger partial charge < -0.3 is 10.6 Å². The summed E-state index contributed by atoms with van der Waals surface area (Å²) in [5.74, 6) is 0.528. The van der Waals surface area contributed by atoms with Gasteiger partial charge in [-0.1, -0.05) is 24.3 Å². The molecule has 142 valence electrons. The predicted molar refractivity (Wildman–Crippen MR) is 111 cm³/mol. The molecule has 0 aliphatic carbocycles. The molecular formula is C21H26N4OS. The van der Waals surface area contributed by atoms with Gasteiger partial charge in [0.2, 0.25) is 5.91 Å². The average molecular weight is 383 g/mol. The molecule has 2 atom stereocenters. The Balaban J connectivity index is 1.60. The largest absolute Gasteiger partial charge is 0.372 e. The number of carbonyl (C=O) groups excluding carboxylic acids is 1. The predicted octanol–water partition coefficient (Wildman–Crippen LogP) is 3.28. The van der Waals surface area contributed by atoms with Crippen LogP contribution in [-0.4, -0.2) is 36.9 Å². The van der Waals surface area contributed by atoms with Crippen LogP contribution in [0, 0.1) is 11.8 Å². The molecule has 0 spiro atoms. The lowest BCUT2D eigenvalue weighted by Crippen LogP contribution is -2.56. The van der Waals surface area contributed by atoms with Crippen molar-refractivity contribution in [3.63, 3.8) is 0 Å². The molecule has 4 rings (SSSR count). The van der Waals surface area contributed by atoms with E-state index in [9.17, 15) is 4.79 Å². The van der Waals surface area contributed by atoms with E-state index in [1.54, 1.807) is 18.4 Å². The van der Waals surface area contributed by atoms with Crippen molar-refractivity contribution in [2.24, 2.45) is 22.6 Å². The summed E-state index contributed by atoms with van der Waals surface area (Å²) in [5.41, 5.74) is 6.77. The molecular weight excluding hydrogens is 356 g/mol. The van der Waals surface area contributed by atoms with Gasteiger partial charge in [0.25, 0.3) is 0 Å². The van der Waals surface area contributed by atoms with Crippen molar-refractivity contribution in [2.45, 2.75) is 25.3 Å². The first-order valence-corrected chi connectivity index (χ1v) is 10.4. The Morgan fingerprint density at radius 3 is 2.48 bits per heavy atom. The number of hydrogen-bond donors (Lipinski definition) is 1. The topological polar surface area (TPSA) is 61.9 Å². The van der Waals surface area contributed by atoms with Crippen LogP contribution in [0.25, 0.3) is 0 Å². The fourth-order valence-corrected chi connectivity index (χ4v) is 5.38. The van der Waals surface area contributed by atoms with Crippen molar-refractivity contribution in [1.82, 2.24) is 4.90 Å². The second-order valence-corrected chi connectivity index (χ2v) is 8.58.